The number of ketones is 1. The minimum atomic E-state index is -1.37. The van der Waals surface area contributed by atoms with E-state index in [4.69, 9.17) is 16.2 Å². The lowest BCUT2D eigenvalue weighted by Gasteiger charge is -2.25. The van der Waals surface area contributed by atoms with Crippen molar-refractivity contribution in [3.63, 3.8) is 0 Å². The van der Waals surface area contributed by atoms with Gasteiger partial charge in [-0.25, -0.2) is 0 Å². The maximum atomic E-state index is 12.1. The lowest BCUT2D eigenvalue weighted by molar-refractivity contribution is -0.158. The molecule has 0 rings (SSSR count). The zero-order chi connectivity index (χ0) is 15.9. The first-order valence-corrected chi connectivity index (χ1v) is 6.10. The zero-order valence-electron chi connectivity index (χ0n) is 12.0. The fourth-order valence-electron chi connectivity index (χ4n) is 1.43. The van der Waals surface area contributed by atoms with Crippen molar-refractivity contribution < 1.29 is 23.9 Å². The molecule has 114 valence electrons. The number of hydrogen-bond donors (Lipinski definition) is 2. The highest BCUT2D eigenvalue weighted by Crippen LogP contribution is 2.19. The fraction of sp³-hybridized carbons (Fsp3) is 0.667. The van der Waals surface area contributed by atoms with E-state index in [-0.39, 0.29) is 26.2 Å². The summed E-state index contributed by atoms with van der Waals surface area (Å²) in [6.45, 7) is 3.73. The first kappa shape index (κ1) is 18.0. The molecule has 0 bridgehead atoms. The van der Waals surface area contributed by atoms with Crippen LogP contribution in [0.15, 0.2) is 0 Å². The number of hydrogen-bond acceptors (Lipinski definition) is 6. The Balaban J connectivity index is 4.84. The largest absolute Gasteiger partial charge is 0.465 e. The number of Topliss-reactive ketones (excluding diaryl/α,β-unsaturated/α-hetero) is 1. The Hall–Kier alpha value is -1.96. The quantitative estimate of drug-likeness (QED) is 0.388. The summed E-state index contributed by atoms with van der Waals surface area (Å²) in [6, 6.07) is 0. The summed E-state index contributed by atoms with van der Waals surface area (Å²) < 4.78 is 4.81. The molecule has 2 amide bonds. The molecule has 0 aliphatic rings. The van der Waals surface area contributed by atoms with Crippen LogP contribution < -0.4 is 11.5 Å². The summed E-state index contributed by atoms with van der Waals surface area (Å²) in [4.78, 5) is 46.8. The maximum absolute atomic E-state index is 12.1. The topological polar surface area (TPSA) is 133 Å². The predicted molar refractivity (Wildman–Crippen MR) is 70.2 cm³/mol. The minimum Gasteiger partial charge on any atom is -0.465 e. The number of carbonyl (C=O) groups is 4. The third-order valence-corrected chi connectivity index (χ3v) is 2.61. The molecule has 0 saturated heterocycles. The van der Waals surface area contributed by atoms with Gasteiger partial charge in [0.25, 0.3) is 0 Å². The molecule has 20 heavy (non-hydrogen) atoms. The molecule has 8 nitrogen and oxygen atoms in total. The second-order valence-electron chi connectivity index (χ2n) is 4.85. The standard InChI is InChI=1S/C12H21N3O5/c1-4-20-11(19)12(2,3)8(16)5-15(6-9(13)17)7-10(14)18/h4-7H2,1-3H3,(H2,13,17)(H2,14,18). The summed E-state index contributed by atoms with van der Waals surface area (Å²) in [5, 5.41) is 0. The molecule has 0 fully saturated rings. The van der Waals surface area contributed by atoms with E-state index in [0.29, 0.717) is 0 Å². The first-order chi connectivity index (χ1) is 9.11. The van der Waals surface area contributed by atoms with Gasteiger partial charge in [-0.1, -0.05) is 0 Å². The van der Waals surface area contributed by atoms with E-state index in [1.165, 1.54) is 18.7 Å². The van der Waals surface area contributed by atoms with Gasteiger partial charge >= 0.3 is 5.97 Å². The number of nitrogens with zero attached hydrogens (tertiary/aromatic N) is 1. The summed E-state index contributed by atoms with van der Waals surface area (Å²) in [5.41, 5.74) is 8.68. The Kier molecular flexibility index (Phi) is 6.84. The lowest BCUT2D eigenvalue weighted by atomic mass is 9.88. The molecule has 8 heteroatoms. The average Bonchev–Trinajstić information content (AvgIpc) is 2.26. The van der Waals surface area contributed by atoms with Gasteiger partial charge in [0.05, 0.1) is 26.2 Å². The number of ether oxygens (including phenoxy) is 1. The van der Waals surface area contributed by atoms with E-state index in [1.54, 1.807) is 6.92 Å². The third kappa shape index (κ3) is 5.79. The fourth-order valence-corrected chi connectivity index (χ4v) is 1.43. The molecule has 0 saturated carbocycles. The molecule has 0 aliphatic carbocycles. The molecule has 0 aromatic rings. The van der Waals surface area contributed by atoms with Crippen molar-refractivity contribution in [1.29, 1.82) is 0 Å². The van der Waals surface area contributed by atoms with E-state index in [1.807, 2.05) is 0 Å². The smallest absolute Gasteiger partial charge is 0.319 e. The van der Waals surface area contributed by atoms with E-state index in [9.17, 15) is 19.2 Å². The highest BCUT2D eigenvalue weighted by atomic mass is 16.5. The van der Waals surface area contributed by atoms with Crippen LogP contribution in [-0.4, -0.2) is 54.7 Å². The summed E-state index contributed by atoms with van der Waals surface area (Å²) in [7, 11) is 0. The Bertz CT molecular complexity index is 390. The lowest BCUT2D eigenvalue weighted by Crippen LogP contribution is -2.47. The van der Waals surface area contributed by atoms with Gasteiger partial charge in [0.15, 0.2) is 5.78 Å². The molecule has 0 atom stereocenters. The molecule has 0 unspecified atom stereocenters. The van der Waals surface area contributed by atoms with Crippen LogP contribution in [0.4, 0.5) is 0 Å². The van der Waals surface area contributed by atoms with Crippen LogP contribution in [-0.2, 0) is 23.9 Å². The van der Waals surface area contributed by atoms with Crippen molar-refractivity contribution in [2.75, 3.05) is 26.2 Å². The van der Waals surface area contributed by atoms with Gasteiger partial charge in [0.1, 0.15) is 5.41 Å². The van der Waals surface area contributed by atoms with Crippen molar-refractivity contribution in [3.8, 4) is 0 Å². The molecule has 0 aromatic carbocycles. The second kappa shape index (κ2) is 7.59. The predicted octanol–water partition coefficient (Wildman–Crippen LogP) is -1.58. The number of amides is 2. The zero-order valence-corrected chi connectivity index (χ0v) is 12.0. The number of esters is 1. The molecule has 0 aromatic heterocycles. The van der Waals surface area contributed by atoms with Crippen molar-refractivity contribution in [1.82, 2.24) is 4.90 Å². The monoisotopic (exact) mass is 287 g/mol. The van der Waals surface area contributed by atoms with Crippen LogP contribution in [0, 0.1) is 5.41 Å². The highest BCUT2D eigenvalue weighted by molar-refractivity contribution is 6.04. The number of carbonyl (C=O) groups excluding carboxylic acids is 4. The first-order valence-electron chi connectivity index (χ1n) is 6.10. The Morgan fingerprint density at radius 2 is 1.45 bits per heavy atom. The van der Waals surface area contributed by atoms with Crippen molar-refractivity contribution >= 4 is 23.6 Å². The Morgan fingerprint density at radius 1 is 1.00 bits per heavy atom. The van der Waals surface area contributed by atoms with Crippen LogP contribution >= 0.6 is 0 Å². The summed E-state index contributed by atoms with van der Waals surface area (Å²) in [6.07, 6.45) is 0. The van der Waals surface area contributed by atoms with Gasteiger partial charge in [-0.2, -0.15) is 0 Å². The van der Waals surface area contributed by atoms with Gasteiger partial charge in [-0.3, -0.25) is 24.1 Å². The molecule has 4 N–H and O–H groups in total. The third-order valence-electron chi connectivity index (χ3n) is 2.61. The minimum absolute atomic E-state index is 0.155. The van der Waals surface area contributed by atoms with Gasteiger partial charge in [-0.05, 0) is 20.8 Å². The van der Waals surface area contributed by atoms with Crippen molar-refractivity contribution in [2.24, 2.45) is 16.9 Å². The van der Waals surface area contributed by atoms with Gasteiger partial charge < -0.3 is 16.2 Å². The molecule has 0 spiro atoms. The molecular weight excluding hydrogens is 266 g/mol. The van der Waals surface area contributed by atoms with Crippen molar-refractivity contribution in [2.45, 2.75) is 20.8 Å². The molecular formula is C12H21N3O5. The summed E-state index contributed by atoms with van der Waals surface area (Å²) in [5.74, 6) is -2.55. The number of primary amides is 2. The highest BCUT2D eigenvalue weighted by Gasteiger charge is 2.38. The molecule has 0 radical (unpaired) electrons. The van der Waals surface area contributed by atoms with E-state index in [2.05, 4.69) is 0 Å². The Morgan fingerprint density at radius 3 is 1.80 bits per heavy atom. The van der Waals surface area contributed by atoms with Crippen LogP contribution in [0.5, 0.6) is 0 Å². The van der Waals surface area contributed by atoms with Crippen LogP contribution in [0.1, 0.15) is 20.8 Å². The van der Waals surface area contributed by atoms with Crippen LogP contribution in [0.2, 0.25) is 0 Å². The van der Waals surface area contributed by atoms with Crippen LogP contribution in [0.3, 0.4) is 0 Å². The molecule has 0 heterocycles. The Labute approximate surface area is 117 Å². The molecule has 0 aliphatic heterocycles. The number of nitrogens with two attached hydrogens (primary N) is 2. The SMILES string of the molecule is CCOC(=O)C(C)(C)C(=O)CN(CC(N)=O)CC(N)=O. The van der Waals surface area contributed by atoms with E-state index in [0.717, 1.165) is 0 Å². The maximum Gasteiger partial charge on any atom is 0.319 e. The van der Waals surface area contributed by atoms with Crippen molar-refractivity contribution in [3.05, 3.63) is 0 Å². The van der Waals surface area contributed by atoms with E-state index < -0.39 is 29.0 Å². The number of rotatable bonds is 9. The normalized spacial score (nSPS) is 11.2. The van der Waals surface area contributed by atoms with Gasteiger partial charge in [0.2, 0.25) is 11.8 Å². The van der Waals surface area contributed by atoms with Gasteiger partial charge in [0, 0.05) is 0 Å². The van der Waals surface area contributed by atoms with Gasteiger partial charge in [-0.15, -0.1) is 0 Å². The average molecular weight is 287 g/mol. The summed E-state index contributed by atoms with van der Waals surface area (Å²) >= 11 is 0. The van der Waals surface area contributed by atoms with E-state index >= 15 is 0 Å². The second-order valence-corrected chi connectivity index (χ2v) is 4.85. The van der Waals surface area contributed by atoms with Crippen LogP contribution in [0.25, 0.3) is 0 Å².